The Morgan fingerprint density at radius 1 is 1.00 bits per heavy atom. The first-order valence-electron chi connectivity index (χ1n) is 9.20. The molecule has 1 aliphatic heterocycles. The molecule has 0 unspecified atom stereocenters. The minimum absolute atomic E-state index is 0.192. The summed E-state index contributed by atoms with van der Waals surface area (Å²) in [5, 5.41) is 1.43. The third-order valence-electron chi connectivity index (χ3n) is 4.76. The third kappa shape index (κ3) is 5.53. The van der Waals surface area contributed by atoms with E-state index in [1.807, 2.05) is 35.2 Å². The monoisotopic (exact) mass is 406 g/mol. The van der Waals surface area contributed by atoms with Crippen LogP contribution in [-0.4, -0.2) is 43.6 Å². The van der Waals surface area contributed by atoms with Crippen molar-refractivity contribution in [1.29, 1.82) is 0 Å². The molecular formula is C21H24Cl2N2O2. The molecule has 0 aromatic heterocycles. The summed E-state index contributed by atoms with van der Waals surface area (Å²) in [6, 6.07) is 13.2. The first kappa shape index (κ1) is 19.8. The van der Waals surface area contributed by atoms with Crippen molar-refractivity contribution < 1.29 is 9.53 Å². The summed E-state index contributed by atoms with van der Waals surface area (Å²) in [7, 11) is 0. The van der Waals surface area contributed by atoms with Crippen LogP contribution in [0.1, 0.15) is 18.4 Å². The summed E-state index contributed by atoms with van der Waals surface area (Å²) in [6.45, 7) is 5.74. The molecule has 0 spiro atoms. The molecule has 0 radical (unpaired) electrons. The van der Waals surface area contributed by atoms with E-state index in [-0.39, 0.29) is 5.91 Å². The molecule has 0 aliphatic carbocycles. The fraction of sp³-hybridized carbons (Fsp3) is 0.381. The fourth-order valence-electron chi connectivity index (χ4n) is 3.22. The van der Waals surface area contributed by atoms with E-state index < -0.39 is 0 Å². The number of anilines is 1. The molecule has 144 valence electrons. The fourth-order valence-corrected chi connectivity index (χ4v) is 3.51. The van der Waals surface area contributed by atoms with Crippen LogP contribution in [-0.2, 0) is 4.79 Å². The number of piperazine rings is 1. The average Bonchev–Trinajstić information content (AvgIpc) is 2.68. The van der Waals surface area contributed by atoms with Gasteiger partial charge in [0.2, 0.25) is 5.91 Å². The summed E-state index contributed by atoms with van der Waals surface area (Å²) >= 11 is 12.0. The molecular weight excluding hydrogens is 383 g/mol. The summed E-state index contributed by atoms with van der Waals surface area (Å²) in [5.41, 5.74) is 2.37. The van der Waals surface area contributed by atoms with Crippen LogP contribution in [0.5, 0.6) is 5.75 Å². The highest BCUT2D eigenvalue weighted by molar-refractivity contribution is 6.31. The van der Waals surface area contributed by atoms with Gasteiger partial charge in [-0.3, -0.25) is 4.79 Å². The first-order chi connectivity index (χ1) is 13.0. The Bertz CT molecular complexity index is 772. The van der Waals surface area contributed by atoms with Crippen LogP contribution in [0.15, 0.2) is 42.5 Å². The number of nitrogens with zero attached hydrogens (tertiary/aromatic N) is 2. The minimum Gasteiger partial charge on any atom is -0.494 e. The van der Waals surface area contributed by atoms with Gasteiger partial charge in [0.05, 0.1) is 6.61 Å². The van der Waals surface area contributed by atoms with E-state index in [2.05, 4.69) is 11.8 Å². The molecule has 3 rings (SSSR count). The third-order valence-corrected chi connectivity index (χ3v) is 5.25. The molecule has 1 saturated heterocycles. The SMILES string of the molecule is Cc1ccc(Cl)cc1N1CCN(C(=O)CCCOc2ccc(Cl)cc2)CC1. The Morgan fingerprint density at radius 2 is 1.67 bits per heavy atom. The predicted molar refractivity (Wildman–Crippen MR) is 111 cm³/mol. The number of rotatable bonds is 6. The highest BCUT2D eigenvalue weighted by atomic mass is 35.5. The molecule has 1 aliphatic rings. The van der Waals surface area contributed by atoms with E-state index in [0.29, 0.717) is 24.5 Å². The van der Waals surface area contributed by atoms with Crippen molar-refractivity contribution >= 4 is 34.8 Å². The van der Waals surface area contributed by atoms with Gasteiger partial charge in [-0.2, -0.15) is 0 Å². The molecule has 6 heteroatoms. The second-order valence-corrected chi connectivity index (χ2v) is 7.58. The number of amides is 1. The van der Waals surface area contributed by atoms with Crippen LogP contribution >= 0.6 is 23.2 Å². The van der Waals surface area contributed by atoms with Crippen molar-refractivity contribution in [2.75, 3.05) is 37.7 Å². The van der Waals surface area contributed by atoms with Crippen molar-refractivity contribution in [3.05, 3.63) is 58.1 Å². The highest BCUT2D eigenvalue weighted by Gasteiger charge is 2.21. The smallest absolute Gasteiger partial charge is 0.222 e. The Balaban J connectivity index is 1.40. The van der Waals surface area contributed by atoms with Gasteiger partial charge in [-0.15, -0.1) is 0 Å². The largest absolute Gasteiger partial charge is 0.494 e. The zero-order valence-electron chi connectivity index (χ0n) is 15.5. The zero-order chi connectivity index (χ0) is 19.2. The van der Waals surface area contributed by atoms with Crippen LogP contribution in [0.2, 0.25) is 10.0 Å². The van der Waals surface area contributed by atoms with Crippen LogP contribution in [0.3, 0.4) is 0 Å². The molecule has 1 fully saturated rings. The minimum atomic E-state index is 0.192. The van der Waals surface area contributed by atoms with Crippen molar-refractivity contribution in [3.8, 4) is 5.75 Å². The Kier molecular flexibility index (Phi) is 6.86. The normalized spacial score (nSPS) is 14.3. The molecule has 0 atom stereocenters. The first-order valence-corrected chi connectivity index (χ1v) is 9.96. The van der Waals surface area contributed by atoms with E-state index in [4.69, 9.17) is 27.9 Å². The number of carbonyl (C=O) groups excluding carboxylic acids is 1. The van der Waals surface area contributed by atoms with Crippen molar-refractivity contribution in [1.82, 2.24) is 4.90 Å². The molecule has 2 aromatic carbocycles. The van der Waals surface area contributed by atoms with E-state index in [1.165, 1.54) is 5.56 Å². The number of aryl methyl sites for hydroxylation is 1. The van der Waals surface area contributed by atoms with Crippen LogP contribution < -0.4 is 9.64 Å². The maximum Gasteiger partial charge on any atom is 0.222 e. The number of benzene rings is 2. The lowest BCUT2D eigenvalue weighted by molar-refractivity contribution is -0.131. The average molecular weight is 407 g/mol. The summed E-state index contributed by atoms with van der Waals surface area (Å²) < 4.78 is 5.65. The van der Waals surface area contributed by atoms with Gasteiger partial charge in [0.15, 0.2) is 0 Å². The van der Waals surface area contributed by atoms with Crippen molar-refractivity contribution in [2.24, 2.45) is 0 Å². The molecule has 0 saturated carbocycles. The van der Waals surface area contributed by atoms with E-state index in [1.54, 1.807) is 12.1 Å². The Labute approximate surface area is 170 Å². The van der Waals surface area contributed by atoms with Gasteiger partial charge in [0.1, 0.15) is 5.75 Å². The molecule has 0 bridgehead atoms. The van der Waals surface area contributed by atoms with Gasteiger partial charge in [-0.05, 0) is 55.3 Å². The number of ether oxygens (including phenoxy) is 1. The molecule has 1 amide bonds. The second-order valence-electron chi connectivity index (χ2n) is 6.70. The summed E-state index contributed by atoms with van der Waals surface area (Å²) in [4.78, 5) is 16.7. The molecule has 4 nitrogen and oxygen atoms in total. The molecule has 27 heavy (non-hydrogen) atoms. The van der Waals surface area contributed by atoms with Crippen molar-refractivity contribution in [2.45, 2.75) is 19.8 Å². The number of hydrogen-bond donors (Lipinski definition) is 0. The zero-order valence-corrected chi connectivity index (χ0v) is 17.0. The van der Waals surface area contributed by atoms with E-state index in [9.17, 15) is 4.79 Å². The Hall–Kier alpha value is -1.91. The lowest BCUT2D eigenvalue weighted by Gasteiger charge is -2.37. The van der Waals surface area contributed by atoms with Gasteiger partial charge < -0.3 is 14.5 Å². The predicted octanol–water partition coefficient (Wildman–Crippen LogP) is 4.81. The summed E-state index contributed by atoms with van der Waals surface area (Å²) in [6.07, 6.45) is 1.21. The van der Waals surface area contributed by atoms with Gasteiger partial charge in [0, 0.05) is 48.3 Å². The van der Waals surface area contributed by atoms with E-state index in [0.717, 1.165) is 42.6 Å². The van der Waals surface area contributed by atoms with Gasteiger partial charge in [0.25, 0.3) is 0 Å². The van der Waals surface area contributed by atoms with Crippen molar-refractivity contribution in [3.63, 3.8) is 0 Å². The standard InChI is InChI=1S/C21H24Cl2N2O2/c1-16-4-5-18(23)15-20(16)24-10-12-25(13-11-24)21(26)3-2-14-27-19-8-6-17(22)7-9-19/h4-9,15H,2-3,10-14H2,1H3. The van der Waals surface area contributed by atoms with Crippen LogP contribution in [0, 0.1) is 6.92 Å². The van der Waals surface area contributed by atoms with Crippen LogP contribution in [0.4, 0.5) is 5.69 Å². The maximum atomic E-state index is 12.4. The van der Waals surface area contributed by atoms with Gasteiger partial charge >= 0.3 is 0 Å². The molecule has 0 N–H and O–H groups in total. The maximum absolute atomic E-state index is 12.4. The highest BCUT2D eigenvalue weighted by Crippen LogP contribution is 2.25. The van der Waals surface area contributed by atoms with Gasteiger partial charge in [-0.25, -0.2) is 0 Å². The lowest BCUT2D eigenvalue weighted by Crippen LogP contribution is -2.49. The van der Waals surface area contributed by atoms with E-state index >= 15 is 0 Å². The molecule has 1 heterocycles. The number of halogens is 2. The topological polar surface area (TPSA) is 32.8 Å². The second kappa shape index (κ2) is 9.34. The Morgan fingerprint density at radius 3 is 2.37 bits per heavy atom. The lowest BCUT2D eigenvalue weighted by atomic mass is 10.1. The van der Waals surface area contributed by atoms with Gasteiger partial charge in [-0.1, -0.05) is 29.3 Å². The number of hydrogen-bond acceptors (Lipinski definition) is 3. The van der Waals surface area contributed by atoms with Crippen LogP contribution in [0.25, 0.3) is 0 Å². The molecule has 2 aromatic rings. The number of carbonyl (C=O) groups is 1. The summed E-state index contributed by atoms with van der Waals surface area (Å²) in [5.74, 6) is 0.967. The quantitative estimate of drug-likeness (QED) is 0.645.